The second-order valence-corrected chi connectivity index (χ2v) is 6.81. The first-order chi connectivity index (χ1) is 12.4. The van der Waals surface area contributed by atoms with Crippen molar-refractivity contribution in [1.29, 1.82) is 0 Å². The Morgan fingerprint density at radius 3 is 2.38 bits per heavy atom. The van der Waals surface area contributed by atoms with E-state index in [4.69, 9.17) is 4.98 Å². The molecule has 0 amide bonds. The Balaban J connectivity index is 2.79. The fraction of sp³-hybridized carbons (Fsp3) is 0.333. The topological polar surface area (TPSA) is 25.2 Å². The van der Waals surface area contributed by atoms with Crippen LogP contribution in [-0.4, -0.2) is 17.7 Å². The number of hydrogen-bond acceptors (Lipinski definition) is 2. The van der Waals surface area contributed by atoms with Crippen LogP contribution in [-0.2, 0) is 6.42 Å². The summed E-state index contributed by atoms with van der Waals surface area (Å²) < 4.78 is 0. The van der Waals surface area contributed by atoms with Gasteiger partial charge in [-0.1, -0.05) is 56.5 Å². The second kappa shape index (κ2) is 8.75. The first-order valence-electron chi connectivity index (χ1n) is 9.23. The lowest BCUT2D eigenvalue weighted by molar-refractivity contribution is 0.766. The Hall–Kier alpha value is -2.48. The Labute approximate surface area is 158 Å². The van der Waals surface area contributed by atoms with E-state index in [0.717, 1.165) is 41.1 Å². The summed E-state index contributed by atoms with van der Waals surface area (Å²) in [5.41, 5.74) is 9.27. The maximum Gasteiger partial charge on any atom is 0.0746 e. The molecule has 0 N–H and O–H groups in total. The van der Waals surface area contributed by atoms with E-state index in [0.29, 0.717) is 0 Å². The molecule has 0 aliphatic heterocycles. The van der Waals surface area contributed by atoms with Gasteiger partial charge < -0.3 is 0 Å². The largest absolute Gasteiger partial charge is 0.297 e. The van der Waals surface area contributed by atoms with Gasteiger partial charge in [-0.25, -0.2) is 0 Å². The van der Waals surface area contributed by atoms with Crippen molar-refractivity contribution in [3.8, 4) is 11.3 Å². The molecule has 1 atom stereocenters. The molecule has 1 aromatic carbocycles. The number of aromatic nitrogens is 1. The average Bonchev–Trinajstić information content (AvgIpc) is 2.67. The summed E-state index contributed by atoms with van der Waals surface area (Å²) in [4.78, 5) is 9.44. The van der Waals surface area contributed by atoms with Gasteiger partial charge in [0.1, 0.15) is 0 Å². The lowest BCUT2D eigenvalue weighted by Crippen LogP contribution is -2.12. The summed E-state index contributed by atoms with van der Waals surface area (Å²) in [6.07, 6.45) is 3.63. The van der Waals surface area contributed by atoms with E-state index in [1.807, 2.05) is 19.2 Å². The summed E-state index contributed by atoms with van der Waals surface area (Å²) in [5, 5.41) is 0. The van der Waals surface area contributed by atoms with E-state index < -0.39 is 0 Å². The van der Waals surface area contributed by atoms with E-state index in [1.165, 1.54) is 16.7 Å². The Bertz CT molecular complexity index is 829. The third kappa shape index (κ3) is 4.01. The first kappa shape index (κ1) is 19.8. The van der Waals surface area contributed by atoms with E-state index >= 15 is 0 Å². The van der Waals surface area contributed by atoms with E-state index in [9.17, 15) is 0 Å². The van der Waals surface area contributed by atoms with Gasteiger partial charge in [0.15, 0.2) is 0 Å². The molecule has 1 heterocycles. The van der Waals surface area contributed by atoms with Crippen LogP contribution in [0.3, 0.4) is 0 Å². The third-order valence-electron chi connectivity index (χ3n) is 5.22. The maximum atomic E-state index is 5.12. The normalized spacial score (nSPS) is 12.7. The molecule has 2 nitrogen and oxygen atoms in total. The Morgan fingerprint density at radius 1 is 1.19 bits per heavy atom. The Kier molecular flexibility index (Phi) is 6.68. The molecule has 0 aliphatic rings. The van der Waals surface area contributed by atoms with Crippen LogP contribution in [0.15, 0.2) is 60.1 Å². The van der Waals surface area contributed by atoms with Crippen molar-refractivity contribution in [3.63, 3.8) is 0 Å². The molecule has 26 heavy (non-hydrogen) atoms. The Morgan fingerprint density at radius 2 is 1.85 bits per heavy atom. The zero-order chi connectivity index (χ0) is 19.3. The van der Waals surface area contributed by atoms with Crippen molar-refractivity contribution >= 4 is 5.71 Å². The number of rotatable bonds is 7. The molecule has 1 unspecified atom stereocenters. The minimum Gasteiger partial charge on any atom is -0.297 e. The molecule has 2 heteroatoms. The molecule has 0 saturated heterocycles. The lowest BCUT2D eigenvalue weighted by atomic mass is 9.82. The number of benzene rings is 1. The van der Waals surface area contributed by atoms with E-state index in [-0.39, 0.29) is 5.92 Å². The van der Waals surface area contributed by atoms with Crippen molar-refractivity contribution in [2.75, 3.05) is 7.05 Å². The van der Waals surface area contributed by atoms with Gasteiger partial charge in [-0.05, 0) is 49.5 Å². The van der Waals surface area contributed by atoms with Gasteiger partial charge >= 0.3 is 0 Å². The molecule has 0 aliphatic carbocycles. The minimum atomic E-state index is 0.226. The molecule has 0 radical (unpaired) electrons. The van der Waals surface area contributed by atoms with E-state index in [1.54, 1.807) is 0 Å². The smallest absolute Gasteiger partial charge is 0.0746 e. The van der Waals surface area contributed by atoms with Crippen LogP contribution in [0.5, 0.6) is 0 Å². The van der Waals surface area contributed by atoms with Crippen molar-refractivity contribution in [2.45, 2.75) is 46.5 Å². The summed E-state index contributed by atoms with van der Waals surface area (Å²) in [7, 11) is 1.84. The number of allylic oxidation sites excluding steroid dienone is 2. The zero-order valence-electron chi connectivity index (χ0n) is 16.8. The molecule has 136 valence electrons. The highest BCUT2D eigenvalue weighted by Gasteiger charge is 2.23. The molecule has 0 saturated carbocycles. The summed E-state index contributed by atoms with van der Waals surface area (Å²) in [5.74, 6) is 0.226. The predicted octanol–water partition coefficient (Wildman–Crippen LogP) is 6.23. The summed E-state index contributed by atoms with van der Waals surface area (Å²) in [6.45, 7) is 16.8. The van der Waals surface area contributed by atoms with Crippen LogP contribution < -0.4 is 0 Å². The lowest BCUT2D eigenvalue weighted by Gasteiger charge is -2.25. The SMILES string of the molecule is C=CC(=C)C(CC)c1c(-c2ccccc2)nc(CC(C)=NC)c(C)c1C. The molecule has 0 bridgehead atoms. The maximum absolute atomic E-state index is 5.12. The van der Waals surface area contributed by atoms with Gasteiger partial charge in [0, 0.05) is 36.4 Å². The minimum absolute atomic E-state index is 0.226. The quantitative estimate of drug-likeness (QED) is 0.430. The summed E-state index contributed by atoms with van der Waals surface area (Å²) in [6, 6.07) is 10.4. The average molecular weight is 347 g/mol. The standard InChI is InChI=1S/C24H30N2/c1-8-16(3)21(9-2)23-19(6)18(5)22(15-17(4)25-7)26-24(23)20-13-11-10-12-14-20/h8,10-14,21H,1,3,9,15H2,2,4-7H3. The zero-order valence-corrected chi connectivity index (χ0v) is 16.8. The van der Waals surface area contributed by atoms with Crippen LogP contribution in [0.4, 0.5) is 0 Å². The van der Waals surface area contributed by atoms with Gasteiger partial charge in [-0.15, -0.1) is 0 Å². The van der Waals surface area contributed by atoms with Crippen LogP contribution >= 0.6 is 0 Å². The van der Waals surface area contributed by atoms with Crippen LogP contribution in [0, 0.1) is 13.8 Å². The fourth-order valence-corrected chi connectivity index (χ4v) is 3.40. The van der Waals surface area contributed by atoms with Gasteiger partial charge in [-0.3, -0.25) is 9.98 Å². The molecule has 0 spiro atoms. The second-order valence-electron chi connectivity index (χ2n) is 6.81. The van der Waals surface area contributed by atoms with Crippen molar-refractivity contribution in [2.24, 2.45) is 4.99 Å². The monoisotopic (exact) mass is 346 g/mol. The fourth-order valence-electron chi connectivity index (χ4n) is 3.40. The summed E-state index contributed by atoms with van der Waals surface area (Å²) >= 11 is 0. The van der Waals surface area contributed by atoms with Crippen molar-refractivity contribution in [1.82, 2.24) is 4.98 Å². The predicted molar refractivity (Wildman–Crippen MR) is 114 cm³/mol. The number of nitrogens with zero attached hydrogens (tertiary/aromatic N) is 2. The third-order valence-corrected chi connectivity index (χ3v) is 5.22. The highest BCUT2D eigenvalue weighted by molar-refractivity contribution is 5.84. The van der Waals surface area contributed by atoms with Gasteiger partial charge in [0.2, 0.25) is 0 Å². The first-order valence-corrected chi connectivity index (χ1v) is 9.23. The number of pyridine rings is 1. The van der Waals surface area contributed by atoms with Crippen LogP contribution in [0.2, 0.25) is 0 Å². The van der Waals surface area contributed by atoms with Crippen molar-refractivity contribution < 1.29 is 0 Å². The molecular weight excluding hydrogens is 316 g/mol. The molecule has 2 rings (SSSR count). The molecule has 1 aromatic heterocycles. The van der Waals surface area contributed by atoms with Gasteiger partial charge in [0.05, 0.1) is 5.69 Å². The van der Waals surface area contributed by atoms with Crippen molar-refractivity contribution in [3.05, 3.63) is 77.5 Å². The molecular formula is C24H30N2. The van der Waals surface area contributed by atoms with Gasteiger partial charge in [0.25, 0.3) is 0 Å². The number of aliphatic imine (C=N–C) groups is 1. The van der Waals surface area contributed by atoms with E-state index in [2.05, 4.69) is 70.1 Å². The number of hydrogen-bond donors (Lipinski definition) is 0. The molecule has 2 aromatic rings. The highest BCUT2D eigenvalue weighted by Crippen LogP contribution is 2.38. The van der Waals surface area contributed by atoms with Crippen LogP contribution in [0.25, 0.3) is 11.3 Å². The van der Waals surface area contributed by atoms with Crippen LogP contribution in [0.1, 0.15) is 48.6 Å². The van der Waals surface area contributed by atoms with Gasteiger partial charge in [-0.2, -0.15) is 0 Å². The highest BCUT2D eigenvalue weighted by atomic mass is 14.7. The molecule has 0 fully saturated rings.